The number of aromatic hydroxyl groups is 1. The second kappa shape index (κ2) is 8.48. The summed E-state index contributed by atoms with van der Waals surface area (Å²) in [6.45, 7) is 2.29. The first kappa shape index (κ1) is 18.7. The summed E-state index contributed by atoms with van der Waals surface area (Å²) >= 11 is 0. The molecule has 25 heavy (non-hydrogen) atoms. The third-order valence-corrected chi connectivity index (χ3v) is 4.12. The Morgan fingerprint density at radius 2 is 1.92 bits per heavy atom. The topological polar surface area (TPSA) is 128 Å². The van der Waals surface area contributed by atoms with Gasteiger partial charge in [-0.3, -0.25) is 9.59 Å². The van der Waals surface area contributed by atoms with E-state index in [0.29, 0.717) is 5.56 Å². The van der Waals surface area contributed by atoms with Crippen LogP contribution in [0.2, 0.25) is 0 Å². The molecule has 0 unspecified atom stereocenters. The quantitative estimate of drug-likeness (QED) is 0.462. The van der Waals surface area contributed by atoms with Crippen LogP contribution in [0.15, 0.2) is 24.3 Å². The number of hydrogen-bond donors (Lipinski definition) is 5. The van der Waals surface area contributed by atoms with Gasteiger partial charge in [-0.1, -0.05) is 12.1 Å². The van der Waals surface area contributed by atoms with E-state index in [1.165, 1.54) is 19.1 Å². The normalized spacial score (nSPS) is 19.0. The van der Waals surface area contributed by atoms with Gasteiger partial charge in [-0.2, -0.15) is 0 Å². The Bertz CT molecular complexity index is 626. The lowest BCUT2D eigenvalue weighted by Crippen LogP contribution is -2.53. The summed E-state index contributed by atoms with van der Waals surface area (Å²) < 4.78 is 0. The van der Waals surface area contributed by atoms with Gasteiger partial charge in [-0.25, -0.2) is 4.79 Å². The molecule has 3 atom stereocenters. The Balaban J connectivity index is 1.91. The zero-order valence-corrected chi connectivity index (χ0v) is 14.0. The number of carbonyl (C=O) groups excluding carboxylic acids is 2. The largest absolute Gasteiger partial charge is 0.508 e. The van der Waals surface area contributed by atoms with Gasteiger partial charge < -0.3 is 26.2 Å². The van der Waals surface area contributed by atoms with E-state index < -0.39 is 24.0 Å². The fourth-order valence-electron chi connectivity index (χ4n) is 2.65. The second-order valence-electron chi connectivity index (χ2n) is 6.15. The molecule has 8 nitrogen and oxygen atoms in total. The van der Waals surface area contributed by atoms with Crippen molar-refractivity contribution < 1.29 is 24.6 Å². The number of phenols is 1. The summed E-state index contributed by atoms with van der Waals surface area (Å²) in [7, 11) is 0. The van der Waals surface area contributed by atoms with Crippen LogP contribution < -0.4 is 16.0 Å². The van der Waals surface area contributed by atoms with Gasteiger partial charge in [0.1, 0.15) is 17.8 Å². The zero-order valence-electron chi connectivity index (χ0n) is 14.0. The Morgan fingerprint density at radius 3 is 2.48 bits per heavy atom. The number of carbonyl (C=O) groups is 3. The van der Waals surface area contributed by atoms with Crippen molar-refractivity contribution in [3.63, 3.8) is 0 Å². The Kier molecular flexibility index (Phi) is 6.35. The molecule has 1 fully saturated rings. The van der Waals surface area contributed by atoms with E-state index in [9.17, 15) is 24.6 Å². The molecule has 1 aliphatic heterocycles. The maximum Gasteiger partial charge on any atom is 0.326 e. The SMILES string of the molecule is C[C@H](NC(=O)[C@@H]1CCCN1)C(=O)N[C@@H](Cc1ccc(O)cc1)C(=O)O. The molecule has 1 heterocycles. The third-order valence-electron chi connectivity index (χ3n) is 4.12. The number of carboxylic acid groups (broad SMARTS) is 1. The van der Waals surface area contributed by atoms with Crippen molar-refractivity contribution >= 4 is 17.8 Å². The average Bonchev–Trinajstić information content (AvgIpc) is 3.10. The van der Waals surface area contributed by atoms with Crippen LogP contribution in [0.25, 0.3) is 0 Å². The molecule has 0 bridgehead atoms. The van der Waals surface area contributed by atoms with Gasteiger partial charge in [0, 0.05) is 6.42 Å². The lowest BCUT2D eigenvalue weighted by Gasteiger charge is -2.20. The molecule has 1 aliphatic rings. The van der Waals surface area contributed by atoms with E-state index in [-0.39, 0.29) is 24.1 Å². The highest BCUT2D eigenvalue weighted by atomic mass is 16.4. The van der Waals surface area contributed by atoms with Crippen LogP contribution in [0, 0.1) is 0 Å². The Morgan fingerprint density at radius 1 is 1.24 bits per heavy atom. The first-order chi connectivity index (χ1) is 11.9. The predicted octanol–water partition coefficient (Wildman–Crippen LogP) is -0.239. The van der Waals surface area contributed by atoms with E-state index in [2.05, 4.69) is 16.0 Å². The molecule has 1 aromatic carbocycles. The number of rotatable bonds is 7. The molecule has 0 aromatic heterocycles. The highest BCUT2D eigenvalue weighted by Gasteiger charge is 2.27. The molecule has 2 rings (SSSR count). The molecule has 136 valence electrons. The third kappa shape index (κ3) is 5.46. The van der Waals surface area contributed by atoms with E-state index in [0.717, 1.165) is 19.4 Å². The van der Waals surface area contributed by atoms with Gasteiger partial charge in [0.2, 0.25) is 11.8 Å². The summed E-state index contributed by atoms with van der Waals surface area (Å²) in [6.07, 6.45) is 1.71. The highest BCUT2D eigenvalue weighted by Crippen LogP contribution is 2.11. The van der Waals surface area contributed by atoms with E-state index >= 15 is 0 Å². The number of hydrogen-bond acceptors (Lipinski definition) is 5. The molecule has 1 saturated heterocycles. The summed E-state index contributed by atoms with van der Waals surface area (Å²) in [6, 6.07) is 3.82. The number of carboxylic acids is 1. The summed E-state index contributed by atoms with van der Waals surface area (Å²) in [5.74, 6) is -1.91. The minimum Gasteiger partial charge on any atom is -0.508 e. The fourth-order valence-corrected chi connectivity index (χ4v) is 2.65. The predicted molar refractivity (Wildman–Crippen MR) is 90.0 cm³/mol. The van der Waals surface area contributed by atoms with Gasteiger partial charge in [-0.15, -0.1) is 0 Å². The van der Waals surface area contributed by atoms with Crippen LogP contribution in [0.1, 0.15) is 25.3 Å². The molecular weight excluding hydrogens is 326 g/mol. The molecule has 0 spiro atoms. The Labute approximate surface area is 145 Å². The lowest BCUT2D eigenvalue weighted by atomic mass is 10.1. The van der Waals surface area contributed by atoms with Crippen molar-refractivity contribution in [2.75, 3.05) is 6.54 Å². The molecular formula is C17H23N3O5. The molecule has 0 radical (unpaired) electrons. The van der Waals surface area contributed by atoms with Crippen molar-refractivity contribution in [3.05, 3.63) is 29.8 Å². The maximum atomic E-state index is 12.2. The van der Waals surface area contributed by atoms with Crippen molar-refractivity contribution in [2.45, 2.75) is 44.3 Å². The van der Waals surface area contributed by atoms with Crippen molar-refractivity contribution in [1.29, 1.82) is 0 Å². The average molecular weight is 349 g/mol. The van der Waals surface area contributed by atoms with Gasteiger partial charge in [0.15, 0.2) is 0 Å². The number of amides is 2. The monoisotopic (exact) mass is 349 g/mol. The summed E-state index contributed by atoms with van der Waals surface area (Å²) in [5, 5.41) is 26.6. The van der Waals surface area contributed by atoms with Gasteiger partial charge >= 0.3 is 5.97 Å². The first-order valence-electron chi connectivity index (χ1n) is 8.21. The van der Waals surface area contributed by atoms with Crippen LogP contribution in [0.5, 0.6) is 5.75 Å². The van der Waals surface area contributed by atoms with E-state index in [1.807, 2.05) is 0 Å². The molecule has 0 aliphatic carbocycles. The Hall–Kier alpha value is -2.61. The maximum absolute atomic E-state index is 12.2. The van der Waals surface area contributed by atoms with Gasteiger partial charge in [-0.05, 0) is 44.0 Å². The van der Waals surface area contributed by atoms with E-state index in [1.54, 1.807) is 12.1 Å². The number of benzene rings is 1. The van der Waals surface area contributed by atoms with Crippen molar-refractivity contribution in [3.8, 4) is 5.75 Å². The van der Waals surface area contributed by atoms with Crippen LogP contribution in [0.4, 0.5) is 0 Å². The van der Waals surface area contributed by atoms with Crippen molar-refractivity contribution in [1.82, 2.24) is 16.0 Å². The summed E-state index contributed by atoms with van der Waals surface area (Å²) in [4.78, 5) is 35.6. The molecule has 2 amide bonds. The zero-order chi connectivity index (χ0) is 18.4. The number of aliphatic carboxylic acids is 1. The molecule has 0 saturated carbocycles. The smallest absolute Gasteiger partial charge is 0.326 e. The minimum absolute atomic E-state index is 0.0756. The molecule has 8 heteroatoms. The highest BCUT2D eigenvalue weighted by molar-refractivity contribution is 5.91. The van der Waals surface area contributed by atoms with Crippen LogP contribution >= 0.6 is 0 Å². The number of phenolic OH excluding ortho intramolecular Hbond substituents is 1. The fraction of sp³-hybridized carbons (Fsp3) is 0.471. The van der Waals surface area contributed by atoms with Crippen LogP contribution in [0.3, 0.4) is 0 Å². The molecule has 5 N–H and O–H groups in total. The van der Waals surface area contributed by atoms with Crippen molar-refractivity contribution in [2.24, 2.45) is 0 Å². The van der Waals surface area contributed by atoms with E-state index in [4.69, 9.17) is 0 Å². The lowest BCUT2D eigenvalue weighted by molar-refractivity contribution is -0.142. The standard InChI is InChI=1S/C17H23N3O5/c1-10(19-16(23)13-3-2-8-18-13)15(22)20-14(17(24)25)9-11-4-6-12(21)7-5-11/h4-7,10,13-14,18,21H,2-3,8-9H2,1H3,(H,19,23)(H,20,22)(H,24,25)/t10-,13-,14-/m0/s1. The first-order valence-corrected chi connectivity index (χ1v) is 8.21. The van der Waals surface area contributed by atoms with Gasteiger partial charge in [0.25, 0.3) is 0 Å². The molecule has 1 aromatic rings. The van der Waals surface area contributed by atoms with Crippen LogP contribution in [-0.4, -0.2) is 52.7 Å². The number of nitrogens with one attached hydrogen (secondary N) is 3. The van der Waals surface area contributed by atoms with Gasteiger partial charge in [0.05, 0.1) is 6.04 Å². The minimum atomic E-state index is -1.17. The summed E-state index contributed by atoms with van der Waals surface area (Å²) in [5.41, 5.74) is 0.664. The second-order valence-corrected chi connectivity index (χ2v) is 6.15. The van der Waals surface area contributed by atoms with Crippen LogP contribution in [-0.2, 0) is 20.8 Å².